The Morgan fingerprint density at radius 1 is 1.20 bits per heavy atom. The molecule has 30 heavy (non-hydrogen) atoms. The van der Waals surface area contributed by atoms with Crippen LogP contribution in [0, 0.1) is 22.0 Å². The van der Waals surface area contributed by atoms with Crippen LogP contribution in [-0.4, -0.2) is 37.4 Å². The maximum Gasteiger partial charge on any atom is 0.308 e. The normalized spacial score (nSPS) is 23.5. The topological polar surface area (TPSA) is 99.9 Å². The fourth-order valence-electron chi connectivity index (χ4n) is 3.87. The van der Waals surface area contributed by atoms with Gasteiger partial charge in [0.05, 0.1) is 24.6 Å². The minimum atomic E-state index is -0.391. The van der Waals surface area contributed by atoms with E-state index in [4.69, 9.17) is 14.2 Å². The lowest BCUT2D eigenvalue weighted by molar-refractivity contribution is -0.384. The van der Waals surface area contributed by atoms with Gasteiger partial charge in [-0.3, -0.25) is 14.9 Å². The molecule has 2 aliphatic rings. The van der Waals surface area contributed by atoms with E-state index in [1.54, 1.807) is 12.1 Å². The van der Waals surface area contributed by atoms with Crippen LogP contribution < -0.4 is 10.1 Å². The lowest BCUT2D eigenvalue weighted by atomic mass is 9.82. The third-order valence-electron chi connectivity index (χ3n) is 5.53. The molecule has 0 aromatic heterocycles. The van der Waals surface area contributed by atoms with Crippen molar-refractivity contribution in [3.8, 4) is 5.75 Å². The molecule has 1 atom stereocenters. The number of methoxy groups -OCH3 is 1. The highest BCUT2D eigenvalue weighted by molar-refractivity contribution is 5.72. The van der Waals surface area contributed by atoms with Crippen LogP contribution in [0.25, 0.3) is 0 Å². The third kappa shape index (κ3) is 6.86. The SMILES string of the molecule is CC.COC(=O)C1CCC(CNc2cc(OC3CCCCO3)ccc2[N+](=O)[O-])CC1. The molecule has 0 spiro atoms. The first kappa shape index (κ1) is 23.9. The number of rotatable bonds is 7. The van der Waals surface area contributed by atoms with Gasteiger partial charge in [0.25, 0.3) is 5.69 Å². The number of hydrogen-bond donors (Lipinski definition) is 1. The van der Waals surface area contributed by atoms with Crippen LogP contribution in [-0.2, 0) is 14.3 Å². The van der Waals surface area contributed by atoms with E-state index >= 15 is 0 Å². The second kappa shape index (κ2) is 12.4. The highest BCUT2D eigenvalue weighted by atomic mass is 16.7. The highest BCUT2D eigenvalue weighted by Crippen LogP contribution is 2.33. The van der Waals surface area contributed by atoms with Gasteiger partial charge in [0.2, 0.25) is 0 Å². The van der Waals surface area contributed by atoms with Gasteiger partial charge < -0.3 is 19.5 Å². The minimum absolute atomic E-state index is 0.0252. The molecule has 1 aromatic rings. The Morgan fingerprint density at radius 3 is 2.53 bits per heavy atom. The van der Waals surface area contributed by atoms with E-state index in [-0.39, 0.29) is 23.9 Å². The van der Waals surface area contributed by atoms with Crippen LogP contribution in [0.1, 0.15) is 58.8 Å². The Hall–Kier alpha value is -2.35. The van der Waals surface area contributed by atoms with Gasteiger partial charge in [0.1, 0.15) is 11.4 Å². The summed E-state index contributed by atoms with van der Waals surface area (Å²) in [6.07, 6.45) is 5.99. The summed E-state index contributed by atoms with van der Waals surface area (Å²) < 4.78 is 16.2. The molecule has 1 aromatic carbocycles. The quantitative estimate of drug-likeness (QED) is 0.378. The van der Waals surface area contributed by atoms with Gasteiger partial charge in [0, 0.05) is 25.1 Å². The number of benzene rings is 1. The van der Waals surface area contributed by atoms with Crippen molar-refractivity contribution >= 4 is 17.3 Å². The smallest absolute Gasteiger partial charge is 0.308 e. The van der Waals surface area contributed by atoms with Gasteiger partial charge in [-0.05, 0) is 50.5 Å². The standard InChI is InChI=1S/C20H28N2O6.C2H6/c1-26-20(23)15-7-5-14(6-8-15)13-21-17-12-16(9-10-18(17)22(24)25)28-19-4-2-3-11-27-19;1-2/h9-10,12,14-15,19,21H,2-8,11,13H2,1H3;1-2H3. The van der Waals surface area contributed by atoms with Crippen molar-refractivity contribution in [1.29, 1.82) is 0 Å². The lowest BCUT2D eigenvalue weighted by Gasteiger charge is -2.27. The second-order valence-corrected chi connectivity index (χ2v) is 7.47. The Bertz CT molecular complexity index is 682. The predicted molar refractivity (Wildman–Crippen MR) is 115 cm³/mol. The van der Waals surface area contributed by atoms with Crippen LogP contribution in [0.2, 0.25) is 0 Å². The molecule has 1 unspecified atom stereocenters. The van der Waals surface area contributed by atoms with Crippen molar-refractivity contribution in [2.24, 2.45) is 11.8 Å². The third-order valence-corrected chi connectivity index (χ3v) is 5.53. The van der Waals surface area contributed by atoms with Gasteiger partial charge in [-0.1, -0.05) is 13.8 Å². The zero-order valence-corrected chi connectivity index (χ0v) is 18.2. The van der Waals surface area contributed by atoms with E-state index in [2.05, 4.69) is 5.32 Å². The lowest BCUT2D eigenvalue weighted by Crippen LogP contribution is -2.26. The van der Waals surface area contributed by atoms with E-state index in [0.29, 0.717) is 30.5 Å². The number of carbonyl (C=O) groups is 1. The van der Waals surface area contributed by atoms with Crippen molar-refractivity contribution in [1.82, 2.24) is 0 Å². The molecule has 168 valence electrons. The summed E-state index contributed by atoms with van der Waals surface area (Å²) in [4.78, 5) is 22.6. The fraction of sp³-hybridized carbons (Fsp3) is 0.682. The largest absolute Gasteiger partial charge is 0.469 e. The molecule has 1 N–H and O–H groups in total. The van der Waals surface area contributed by atoms with Gasteiger partial charge >= 0.3 is 5.97 Å². The summed E-state index contributed by atoms with van der Waals surface area (Å²) in [7, 11) is 1.42. The van der Waals surface area contributed by atoms with Crippen LogP contribution in [0.3, 0.4) is 0 Å². The van der Waals surface area contributed by atoms with E-state index < -0.39 is 4.92 Å². The molecule has 8 nitrogen and oxygen atoms in total. The maximum absolute atomic E-state index is 11.6. The van der Waals surface area contributed by atoms with Crippen LogP contribution in [0.5, 0.6) is 5.75 Å². The molecule has 2 fully saturated rings. The first-order valence-corrected chi connectivity index (χ1v) is 10.9. The van der Waals surface area contributed by atoms with E-state index in [1.807, 2.05) is 13.8 Å². The Morgan fingerprint density at radius 2 is 1.93 bits per heavy atom. The number of esters is 1. The number of nitrogens with one attached hydrogen (secondary N) is 1. The van der Waals surface area contributed by atoms with Crippen LogP contribution >= 0.6 is 0 Å². The molecule has 1 aliphatic carbocycles. The van der Waals surface area contributed by atoms with E-state index in [9.17, 15) is 14.9 Å². The van der Waals surface area contributed by atoms with Crippen molar-refractivity contribution in [2.45, 2.75) is 65.1 Å². The predicted octanol–water partition coefficient (Wildman–Crippen LogP) is 4.92. The molecule has 0 radical (unpaired) electrons. The minimum Gasteiger partial charge on any atom is -0.469 e. The van der Waals surface area contributed by atoms with Gasteiger partial charge in [-0.2, -0.15) is 0 Å². The number of anilines is 1. The molecule has 1 saturated heterocycles. The molecular weight excluding hydrogens is 388 g/mol. The molecule has 3 rings (SSSR count). The van der Waals surface area contributed by atoms with Crippen LogP contribution in [0.4, 0.5) is 11.4 Å². The number of nitro groups is 1. The zero-order valence-electron chi connectivity index (χ0n) is 18.2. The molecule has 1 heterocycles. The fourth-order valence-corrected chi connectivity index (χ4v) is 3.87. The molecule has 0 bridgehead atoms. The Labute approximate surface area is 178 Å². The van der Waals surface area contributed by atoms with Gasteiger partial charge in [0.15, 0.2) is 6.29 Å². The van der Waals surface area contributed by atoms with Crippen molar-refractivity contribution < 1.29 is 23.9 Å². The Kier molecular flexibility index (Phi) is 9.86. The molecule has 1 aliphatic heterocycles. The first-order valence-electron chi connectivity index (χ1n) is 10.9. The second-order valence-electron chi connectivity index (χ2n) is 7.47. The van der Waals surface area contributed by atoms with Gasteiger partial charge in [-0.25, -0.2) is 0 Å². The number of nitro benzene ring substituents is 1. The van der Waals surface area contributed by atoms with Crippen molar-refractivity contribution in [3.63, 3.8) is 0 Å². The molecular formula is C22H34N2O6. The first-order chi connectivity index (χ1) is 14.6. The van der Waals surface area contributed by atoms with Crippen LogP contribution in [0.15, 0.2) is 18.2 Å². The summed E-state index contributed by atoms with van der Waals surface area (Å²) >= 11 is 0. The number of carbonyl (C=O) groups excluding carboxylic acids is 1. The van der Waals surface area contributed by atoms with Crippen molar-refractivity contribution in [2.75, 3.05) is 25.6 Å². The average molecular weight is 423 g/mol. The summed E-state index contributed by atoms with van der Waals surface area (Å²) in [6.45, 7) is 5.30. The summed E-state index contributed by atoms with van der Waals surface area (Å²) in [5.41, 5.74) is 0.480. The average Bonchev–Trinajstić information content (AvgIpc) is 2.79. The monoisotopic (exact) mass is 422 g/mol. The number of hydrogen-bond acceptors (Lipinski definition) is 7. The van der Waals surface area contributed by atoms with E-state index in [0.717, 1.165) is 44.9 Å². The van der Waals surface area contributed by atoms with Crippen molar-refractivity contribution in [3.05, 3.63) is 28.3 Å². The number of ether oxygens (including phenoxy) is 3. The summed E-state index contributed by atoms with van der Waals surface area (Å²) in [5, 5.41) is 14.6. The van der Waals surface area contributed by atoms with Gasteiger partial charge in [-0.15, -0.1) is 0 Å². The molecule has 8 heteroatoms. The highest BCUT2D eigenvalue weighted by Gasteiger charge is 2.27. The Balaban J connectivity index is 0.00000155. The van der Waals surface area contributed by atoms with E-state index in [1.165, 1.54) is 13.2 Å². The molecule has 1 saturated carbocycles. The summed E-state index contributed by atoms with van der Waals surface area (Å²) in [5.74, 6) is 0.765. The summed E-state index contributed by atoms with van der Waals surface area (Å²) in [6, 6.07) is 4.76. The maximum atomic E-state index is 11.6. The molecule has 0 amide bonds. The zero-order chi connectivity index (χ0) is 21.9. The number of nitrogens with zero attached hydrogens (tertiary/aromatic N) is 1.